The van der Waals surface area contributed by atoms with Gasteiger partial charge in [0.2, 0.25) is 0 Å². The Kier molecular flexibility index (Phi) is 2.16. The lowest BCUT2D eigenvalue weighted by Crippen LogP contribution is -1.83. The van der Waals surface area contributed by atoms with Crippen molar-refractivity contribution in [3.8, 4) is 5.75 Å². The molecule has 0 fully saturated rings. The van der Waals surface area contributed by atoms with Crippen molar-refractivity contribution in [2.24, 2.45) is 0 Å². The smallest absolute Gasteiger partial charge is 0.348 e. The minimum atomic E-state index is 0.769. The third-order valence-electron chi connectivity index (χ3n) is 1.28. The molecule has 0 atom stereocenters. The van der Waals surface area contributed by atoms with Gasteiger partial charge in [-0.1, -0.05) is 24.8 Å². The van der Waals surface area contributed by atoms with Crippen LogP contribution in [0.25, 0.3) is 6.08 Å². The lowest BCUT2D eigenvalue weighted by atomic mass is 10.2. The van der Waals surface area contributed by atoms with Crippen LogP contribution in [0.2, 0.25) is 0 Å². The van der Waals surface area contributed by atoms with Gasteiger partial charge >= 0.3 is 8.05 Å². The first-order valence-corrected chi connectivity index (χ1v) is 3.01. The highest BCUT2D eigenvalue weighted by molar-refractivity contribution is 5.99. The Morgan fingerprint density at radius 1 is 1.30 bits per heavy atom. The predicted octanol–water partition coefficient (Wildman–Crippen LogP) is 1.52. The van der Waals surface area contributed by atoms with Crippen molar-refractivity contribution in [3.05, 3.63) is 36.4 Å². The molecule has 0 spiro atoms. The lowest BCUT2D eigenvalue weighted by Gasteiger charge is -1.98. The fourth-order valence-electron chi connectivity index (χ4n) is 0.700. The Balaban J connectivity index is 2.90. The second kappa shape index (κ2) is 3.11. The van der Waals surface area contributed by atoms with Crippen LogP contribution in [0.4, 0.5) is 0 Å². The summed E-state index contributed by atoms with van der Waals surface area (Å²) in [5, 5.41) is 0. The predicted molar refractivity (Wildman–Crippen MR) is 44.3 cm³/mol. The summed E-state index contributed by atoms with van der Waals surface area (Å²) in [5.74, 6) is 0.769. The number of rotatable bonds is 2. The summed E-state index contributed by atoms with van der Waals surface area (Å²) in [7, 11) is 3.29. The van der Waals surface area contributed by atoms with E-state index in [0.29, 0.717) is 0 Å². The highest BCUT2D eigenvalue weighted by atomic mass is 16.4. The molecule has 0 unspecified atom stereocenters. The molecule has 10 heavy (non-hydrogen) atoms. The molecule has 0 amide bonds. The average Bonchev–Trinajstić information content (AvgIpc) is 2.05. The van der Waals surface area contributed by atoms with Crippen molar-refractivity contribution >= 4 is 14.1 Å². The molecule has 0 bridgehead atoms. The molecule has 0 aliphatic carbocycles. The van der Waals surface area contributed by atoms with Gasteiger partial charge in [0.25, 0.3) is 0 Å². The van der Waals surface area contributed by atoms with E-state index in [-0.39, 0.29) is 0 Å². The van der Waals surface area contributed by atoms with Gasteiger partial charge in [-0.2, -0.15) is 0 Å². The van der Waals surface area contributed by atoms with Gasteiger partial charge in [-0.25, -0.2) is 0 Å². The van der Waals surface area contributed by atoms with Crippen LogP contribution in [0.1, 0.15) is 5.56 Å². The third-order valence-corrected chi connectivity index (χ3v) is 1.28. The van der Waals surface area contributed by atoms with Gasteiger partial charge in [-0.05, 0) is 17.7 Å². The highest BCUT2D eigenvalue weighted by Crippen LogP contribution is 2.10. The van der Waals surface area contributed by atoms with E-state index >= 15 is 0 Å². The molecular weight excluding hydrogens is 123 g/mol. The van der Waals surface area contributed by atoms with Crippen molar-refractivity contribution in [2.75, 3.05) is 0 Å². The first kappa shape index (κ1) is 6.94. The highest BCUT2D eigenvalue weighted by Gasteiger charge is 1.86. The lowest BCUT2D eigenvalue weighted by molar-refractivity contribution is 0.616. The van der Waals surface area contributed by atoms with E-state index in [4.69, 9.17) is 4.65 Å². The Labute approximate surface area is 61.8 Å². The monoisotopic (exact) mass is 131 g/mol. The summed E-state index contributed by atoms with van der Waals surface area (Å²) in [4.78, 5) is 0. The fraction of sp³-hybridized carbons (Fsp3) is 0. The van der Waals surface area contributed by atoms with Crippen LogP contribution >= 0.6 is 0 Å². The Hall–Kier alpha value is -1.18. The maximum Gasteiger partial charge on any atom is 0.348 e. The summed E-state index contributed by atoms with van der Waals surface area (Å²) in [6, 6.07) is 7.55. The molecular formula is C8H8BO. The molecule has 0 saturated heterocycles. The van der Waals surface area contributed by atoms with Crippen molar-refractivity contribution in [3.63, 3.8) is 0 Å². The second-order valence-corrected chi connectivity index (χ2v) is 1.92. The number of hydrogen-bond donors (Lipinski definition) is 0. The van der Waals surface area contributed by atoms with E-state index in [2.05, 4.69) is 14.6 Å². The number of benzene rings is 1. The minimum absolute atomic E-state index is 0.769. The van der Waals surface area contributed by atoms with Crippen LogP contribution in [0.3, 0.4) is 0 Å². The first-order valence-electron chi connectivity index (χ1n) is 3.01. The van der Waals surface area contributed by atoms with E-state index in [9.17, 15) is 0 Å². The maximum absolute atomic E-state index is 4.73. The number of hydrogen-bond acceptors (Lipinski definition) is 1. The summed E-state index contributed by atoms with van der Waals surface area (Å²) in [6.07, 6.45) is 1.78. The topological polar surface area (TPSA) is 9.23 Å². The molecule has 0 N–H and O–H groups in total. The zero-order chi connectivity index (χ0) is 7.40. The maximum atomic E-state index is 4.73. The zero-order valence-electron chi connectivity index (χ0n) is 5.71. The van der Waals surface area contributed by atoms with Crippen LogP contribution in [-0.4, -0.2) is 8.05 Å². The molecule has 0 aliphatic rings. The van der Waals surface area contributed by atoms with Gasteiger partial charge in [0, 0.05) is 0 Å². The van der Waals surface area contributed by atoms with Crippen LogP contribution in [-0.2, 0) is 0 Å². The second-order valence-electron chi connectivity index (χ2n) is 1.92. The van der Waals surface area contributed by atoms with Gasteiger partial charge in [0.1, 0.15) is 0 Å². The molecule has 0 heterocycles. The van der Waals surface area contributed by atoms with E-state index in [1.165, 1.54) is 0 Å². The molecule has 1 aromatic carbocycles. The SMILES string of the molecule is [BH]Oc1ccc(C=C)cc1. The quantitative estimate of drug-likeness (QED) is 0.553. The summed E-state index contributed by atoms with van der Waals surface area (Å²) in [5.41, 5.74) is 1.08. The van der Waals surface area contributed by atoms with Gasteiger partial charge in [0.15, 0.2) is 0 Å². The molecule has 2 heteroatoms. The van der Waals surface area contributed by atoms with Gasteiger partial charge in [-0.15, -0.1) is 0 Å². The van der Waals surface area contributed by atoms with Crippen molar-refractivity contribution in [1.82, 2.24) is 0 Å². The van der Waals surface area contributed by atoms with Crippen molar-refractivity contribution in [2.45, 2.75) is 0 Å². The third kappa shape index (κ3) is 1.41. The molecule has 49 valence electrons. The standard InChI is InChI=1S/C8H8BO/c1-2-7-3-5-8(10-9)6-4-7/h2-6,9H,1H2. The zero-order valence-corrected chi connectivity index (χ0v) is 5.71. The van der Waals surface area contributed by atoms with Crippen LogP contribution < -0.4 is 4.65 Å². The molecule has 0 aromatic heterocycles. The fourth-order valence-corrected chi connectivity index (χ4v) is 0.700. The van der Waals surface area contributed by atoms with Gasteiger partial charge in [0.05, 0.1) is 5.75 Å². The average molecular weight is 131 g/mol. The van der Waals surface area contributed by atoms with Gasteiger partial charge in [-0.3, -0.25) is 0 Å². The summed E-state index contributed by atoms with van der Waals surface area (Å²) in [6.45, 7) is 3.63. The summed E-state index contributed by atoms with van der Waals surface area (Å²) >= 11 is 0. The van der Waals surface area contributed by atoms with E-state index in [0.717, 1.165) is 11.3 Å². The molecule has 1 nitrogen and oxygen atoms in total. The van der Waals surface area contributed by atoms with Crippen LogP contribution in [0.5, 0.6) is 5.75 Å². The Morgan fingerprint density at radius 3 is 2.30 bits per heavy atom. The van der Waals surface area contributed by atoms with Crippen LogP contribution in [0.15, 0.2) is 30.8 Å². The molecule has 1 rings (SSSR count). The van der Waals surface area contributed by atoms with Gasteiger partial charge < -0.3 is 4.65 Å². The van der Waals surface area contributed by atoms with E-state index < -0.39 is 0 Å². The van der Waals surface area contributed by atoms with E-state index in [1.807, 2.05) is 24.3 Å². The largest absolute Gasteiger partial charge is 0.567 e. The Bertz CT molecular complexity index is 215. The minimum Gasteiger partial charge on any atom is -0.567 e. The van der Waals surface area contributed by atoms with Crippen LogP contribution in [0, 0.1) is 0 Å². The summed E-state index contributed by atoms with van der Waals surface area (Å²) < 4.78 is 4.73. The molecule has 1 aromatic rings. The Morgan fingerprint density at radius 2 is 1.90 bits per heavy atom. The molecule has 0 saturated carbocycles. The molecule has 1 radical (unpaired) electrons. The first-order chi connectivity index (χ1) is 4.86. The normalized spacial score (nSPS) is 8.80. The van der Waals surface area contributed by atoms with E-state index in [1.54, 1.807) is 6.08 Å². The van der Waals surface area contributed by atoms with Crippen molar-refractivity contribution in [1.29, 1.82) is 0 Å². The van der Waals surface area contributed by atoms with Crippen molar-refractivity contribution < 1.29 is 4.65 Å². The molecule has 0 aliphatic heterocycles.